The first kappa shape index (κ1) is 66.1. The van der Waals surface area contributed by atoms with E-state index in [4.69, 9.17) is 11.5 Å². The molecule has 0 radical (unpaired) electrons. The molecule has 3 aliphatic rings. The van der Waals surface area contributed by atoms with Crippen LogP contribution in [0.4, 0.5) is 0 Å². The molecule has 14 N–H and O–H groups in total. The van der Waals surface area contributed by atoms with Crippen LogP contribution in [0, 0.1) is 17.8 Å². The fourth-order valence-electron chi connectivity index (χ4n) is 10.5. The molecule has 0 bridgehead atoms. The number of fused-ring (bicyclic) bond motifs is 2. The minimum Gasteiger partial charge on any atom is -0.394 e. The van der Waals surface area contributed by atoms with E-state index in [9.17, 15) is 58.2 Å². The number of aliphatic hydroxyl groups is 2. The molecule has 25 nitrogen and oxygen atoms in total. The summed E-state index contributed by atoms with van der Waals surface area (Å²) < 4.78 is 0. The van der Waals surface area contributed by atoms with Crippen molar-refractivity contribution in [2.24, 2.45) is 34.2 Å². The van der Waals surface area contributed by atoms with Gasteiger partial charge >= 0.3 is 0 Å². The highest BCUT2D eigenvalue weighted by Crippen LogP contribution is 2.23. The molecule has 3 heterocycles. The van der Waals surface area contributed by atoms with Gasteiger partial charge in [0.15, 0.2) is 5.96 Å². The fourth-order valence-corrected chi connectivity index (χ4v) is 10.5. The maximum atomic E-state index is 14.8. The van der Waals surface area contributed by atoms with Crippen molar-refractivity contribution in [1.29, 1.82) is 0 Å². The SMILES string of the molecule is CC(C)C[C@@H]1NC(=O)[C@H](CO)NC(=O)[C@H]([C@@H](C)O)NC(=O)[C@@H]2CCCN2C(=O)[C@@H](Cc2ccccc2)NC(=O)[C@H](CC(C)C)NC(=O)[C@H](CCCN=C(N)N)NC(=O)[C@H](C(C)C)NC(=O)[C@@H]2CCCN2C(=O)[C@@H](Cc2ccccc2)NC1=O. The number of aliphatic hydroxyl groups excluding tert-OH is 2. The maximum Gasteiger partial charge on any atom is 0.246 e. The number of aliphatic imine (C=N–C) groups is 1. The van der Waals surface area contributed by atoms with Gasteiger partial charge in [-0.2, -0.15) is 0 Å². The maximum absolute atomic E-state index is 14.8. The lowest BCUT2D eigenvalue weighted by molar-refractivity contribution is -0.143. The molecule has 2 aromatic rings. The van der Waals surface area contributed by atoms with Crippen LogP contribution in [0.2, 0.25) is 0 Å². The Balaban J connectivity index is 1.58. The number of hydrogen-bond acceptors (Lipinski definition) is 13. The third-order valence-electron chi connectivity index (χ3n) is 14.9. The van der Waals surface area contributed by atoms with Crippen LogP contribution in [-0.4, -0.2) is 178 Å². The molecule has 3 fully saturated rings. The van der Waals surface area contributed by atoms with Gasteiger partial charge in [-0.3, -0.25) is 52.9 Å². The number of nitrogens with one attached hydrogen (secondary N) is 8. The molecule has 0 saturated carbocycles. The van der Waals surface area contributed by atoms with Crippen molar-refractivity contribution in [3.63, 3.8) is 0 Å². The van der Waals surface area contributed by atoms with Gasteiger partial charge in [0.2, 0.25) is 59.1 Å². The third-order valence-corrected chi connectivity index (χ3v) is 14.9. The van der Waals surface area contributed by atoms with Gasteiger partial charge in [0.1, 0.15) is 60.4 Å². The number of guanidine groups is 1. The van der Waals surface area contributed by atoms with Crippen molar-refractivity contribution in [2.75, 3.05) is 26.2 Å². The highest BCUT2D eigenvalue weighted by molar-refractivity contribution is 6.00. The summed E-state index contributed by atoms with van der Waals surface area (Å²) in [4.78, 5) is 151. The Morgan fingerprint density at radius 1 is 0.518 bits per heavy atom. The number of amides is 10. The van der Waals surface area contributed by atoms with E-state index in [1.807, 2.05) is 13.8 Å². The van der Waals surface area contributed by atoms with Gasteiger partial charge in [-0.15, -0.1) is 0 Å². The molecular weight excluding hydrogens is 1070 g/mol. The van der Waals surface area contributed by atoms with E-state index in [-0.39, 0.29) is 88.8 Å². The highest BCUT2D eigenvalue weighted by atomic mass is 16.3. The zero-order valence-corrected chi connectivity index (χ0v) is 48.7. The Labute approximate surface area is 485 Å². The Kier molecular flexibility index (Phi) is 25.2. The molecule has 0 unspecified atom stereocenters. The molecule has 2 aromatic carbocycles. The van der Waals surface area contributed by atoms with Crippen LogP contribution in [0.3, 0.4) is 0 Å². The Hall–Kier alpha value is -7.67. The standard InChI is InChI=1S/C58H87N13O12/c1-32(2)27-39-49(75)65-42(30-37-19-12-9-13-20-37)57(83)71-26-16-23-45(71)53(79)69-47(35(7)73)55(81)67-43(31-72)51(77)64-40(28-33(3)4)50(76)66-41(29-36-17-10-8-11-18-36)56(82)70-25-15-22-44(70)52(78)68-46(34(5)6)54(80)62-38(48(74)63-39)21-14-24-61-58(59)60/h8-13,17-20,32-35,38-47,72-73H,14-16,21-31H2,1-7H3,(H,62,80)(H,63,74)(H,64,77)(H,65,75)(H,66,76)(H,67,81)(H,68,78)(H,69,79)(H4,59,60,61)/t35-,38+,39+,40+,41-,42-,43+,44+,45+,46+,47+/m1/s1. The lowest BCUT2D eigenvalue weighted by Gasteiger charge is -2.32. The zero-order chi connectivity index (χ0) is 61.1. The zero-order valence-electron chi connectivity index (χ0n) is 48.7. The van der Waals surface area contributed by atoms with E-state index in [0.29, 0.717) is 24.0 Å². The van der Waals surface area contributed by atoms with Crippen LogP contribution in [0.5, 0.6) is 0 Å². The predicted molar refractivity (Wildman–Crippen MR) is 308 cm³/mol. The Bertz CT molecular complexity index is 2600. The quantitative estimate of drug-likeness (QED) is 0.0550. The molecule has 456 valence electrons. The average Bonchev–Trinajstić information content (AvgIpc) is 4.33. The summed E-state index contributed by atoms with van der Waals surface area (Å²) in [5.74, 6) is -9.12. The second-order valence-electron chi connectivity index (χ2n) is 23.0. The predicted octanol–water partition coefficient (Wildman–Crippen LogP) is -1.48. The molecule has 11 atom stereocenters. The topological polar surface area (TPSA) is 378 Å². The second-order valence-corrected chi connectivity index (χ2v) is 23.0. The third kappa shape index (κ3) is 19.5. The average molecular weight is 1160 g/mol. The molecule has 3 aliphatic heterocycles. The Morgan fingerprint density at radius 2 is 0.904 bits per heavy atom. The van der Waals surface area contributed by atoms with E-state index in [1.165, 1.54) is 16.7 Å². The first-order valence-corrected chi connectivity index (χ1v) is 28.8. The van der Waals surface area contributed by atoms with Gasteiger partial charge in [-0.25, -0.2) is 0 Å². The number of nitrogens with two attached hydrogens (primary N) is 2. The fraction of sp³-hybridized carbons (Fsp3) is 0.603. The first-order chi connectivity index (χ1) is 39.4. The van der Waals surface area contributed by atoms with Gasteiger partial charge in [-0.1, -0.05) is 102 Å². The Morgan fingerprint density at radius 3 is 1.31 bits per heavy atom. The van der Waals surface area contributed by atoms with Crippen molar-refractivity contribution in [1.82, 2.24) is 52.3 Å². The van der Waals surface area contributed by atoms with Gasteiger partial charge in [0, 0.05) is 32.5 Å². The van der Waals surface area contributed by atoms with Gasteiger partial charge in [0.05, 0.1) is 12.7 Å². The summed E-state index contributed by atoms with van der Waals surface area (Å²) in [5.41, 5.74) is 12.5. The highest BCUT2D eigenvalue weighted by Gasteiger charge is 2.43. The van der Waals surface area contributed by atoms with E-state index >= 15 is 0 Å². The summed E-state index contributed by atoms with van der Waals surface area (Å²) in [5, 5.41) is 43.0. The summed E-state index contributed by atoms with van der Waals surface area (Å²) in [6, 6.07) is 4.03. The van der Waals surface area contributed by atoms with Crippen molar-refractivity contribution in [3.8, 4) is 0 Å². The van der Waals surface area contributed by atoms with Crippen LogP contribution in [0.25, 0.3) is 0 Å². The summed E-state index contributed by atoms with van der Waals surface area (Å²) in [6.07, 6.45) is -0.368. The molecule has 0 spiro atoms. The number of nitrogens with zero attached hydrogens (tertiary/aromatic N) is 3. The minimum absolute atomic E-state index is 0.0273. The number of hydrogen-bond donors (Lipinski definition) is 12. The van der Waals surface area contributed by atoms with E-state index in [2.05, 4.69) is 47.5 Å². The van der Waals surface area contributed by atoms with Gasteiger partial charge in [-0.05, 0) is 87.2 Å². The number of carbonyl (C=O) groups is 10. The van der Waals surface area contributed by atoms with E-state index in [1.54, 1.807) is 88.4 Å². The van der Waals surface area contributed by atoms with Crippen LogP contribution in [-0.2, 0) is 60.8 Å². The van der Waals surface area contributed by atoms with Crippen LogP contribution in [0.1, 0.15) is 111 Å². The first-order valence-electron chi connectivity index (χ1n) is 28.8. The molecule has 10 amide bonds. The molecule has 0 aliphatic carbocycles. The molecule has 0 aromatic heterocycles. The molecular formula is C58H87N13O12. The van der Waals surface area contributed by atoms with Crippen molar-refractivity contribution < 1.29 is 58.2 Å². The lowest BCUT2D eigenvalue weighted by Crippen LogP contribution is -2.63. The van der Waals surface area contributed by atoms with E-state index < -0.39 is 138 Å². The van der Waals surface area contributed by atoms with Crippen molar-refractivity contribution in [3.05, 3.63) is 71.8 Å². The van der Waals surface area contributed by atoms with Gasteiger partial charge < -0.3 is 74.0 Å². The van der Waals surface area contributed by atoms with Gasteiger partial charge in [0.25, 0.3) is 0 Å². The van der Waals surface area contributed by atoms with Crippen LogP contribution < -0.4 is 54.0 Å². The summed E-state index contributed by atoms with van der Waals surface area (Å²) in [6.45, 7) is 11.1. The molecule has 25 heteroatoms. The summed E-state index contributed by atoms with van der Waals surface area (Å²) >= 11 is 0. The normalized spacial score (nSPS) is 26.6. The van der Waals surface area contributed by atoms with Crippen molar-refractivity contribution in [2.45, 2.75) is 179 Å². The number of benzene rings is 2. The van der Waals surface area contributed by atoms with Crippen LogP contribution in [0.15, 0.2) is 65.7 Å². The molecule has 3 saturated heterocycles. The largest absolute Gasteiger partial charge is 0.394 e. The number of rotatable bonds is 15. The van der Waals surface area contributed by atoms with Crippen LogP contribution >= 0.6 is 0 Å². The lowest BCUT2D eigenvalue weighted by atomic mass is 9.99. The number of carbonyl (C=O) groups excluding carboxylic acids is 10. The summed E-state index contributed by atoms with van der Waals surface area (Å²) in [7, 11) is 0. The van der Waals surface area contributed by atoms with E-state index in [0.717, 1.165) is 0 Å². The van der Waals surface area contributed by atoms with Crippen molar-refractivity contribution >= 4 is 65.0 Å². The smallest absolute Gasteiger partial charge is 0.246 e. The molecule has 83 heavy (non-hydrogen) atoms. The molecule has 5 rings (SSSR count). The second kappa shape index (κ2) is 31.7. The monoisotopic (exact) mass is 1160 g/mol. The minimum atomic E-state index is -1.73.